The van der Waals surface area contributed by atoms with Gasteiger partial charge in [-0.1, -0.05) is 96.6 Å². The molecule has 2 saturated carbocycles. The van der Waals surface area contributed by atoms with Crippen LogP contribution >= 0.6 is 0 Å². The van der Waals surface area contributed by atoms with Crippen LogP contribution in [0, 0.1) is 17.3 Å². The summed E-state index contributed by atoms with van der Waals surface area (Å²) in [4.78, 5) is 110. The molecule has 17 heteroatoms. The topological polar surface area (TPSA) is 230 Å². The number of likely N-dealkylation sites (tertiary alicyclic amines) is 1. The fraction of sp³-hybridized carbons (Fsp3) is 0.682. The summed E-state index contributed by atoms with van der Waals surface area (Å²) in [7, 11) is 2.28. The highest BCUT2D eigenvalue weighted by Gasteiger charge is 2.51. The summed E-state index contributed by atoms with van der Waals surface area (Å²) >= 11 is 0. The molecule has 1 aliphatic heterocycles. The van der Waals surface area contributed by atoms with Gasteiger partial charge in [-0.25, -0.2) is 9.59 Å². The first-order valence-electron chi connectivity index (χ1n) is 21.8. The lowest BCUT2D eigenvalue weighted by molar-refractivity contribution is -0.147. The van der Waals surface area contributed by atoms with Crippen LogP contribution in [-0.4, -0.2) is 109 Å². The SMILES string of the molecule is CCCC(NC(=O)[C@H]1CC2CCCCC2N1C(=O)[C@@H](NC(=O)[C@@H](NC(=O)[C@H](CNC(=O)OC)NC(=O)OC)C1CCCCC1)C(C)(C)C)C(=O)C(=O)N[C@@H](C)c1ccccc1. The monoisotopic (exact) mass is 853 g/mol. The summed E-state index contributed by atoms with van der Waals surface area (Å²) in [5, 5.41) is 16.2. The number of nitrogens with one attached hydrogen (secondary N) is 6. The van der Waals surface area contributed by atoms with Crippen LogP contribution in [-0.2, 0) is 38.2 Å². The lowest BCUT2D eigenvalue weighted by Gasteiger charge is -2.40. The van der Waals surface area contributed by atoms with E-state index in [2.05, 4.69) is 41.4 Å². The number of hydrogen-bond donors (Lipinski definition) is 6. The predicted molar refractivity (Wildman–Crippen MR) is 225 cm³/mol. The molecule has 7 amide bonds. The van der Waals surface area contributed by atoms with Gasteiger partial charge in [0.05, 0.1) is 32.8 Å². The molecule has 4 rings (SSSR count). The second kappa shape index (κ2) is 22.6. The van der Waals surface area contributed by atoms with E-state index >= 15 is 4.79 Å². The largest absolute Gasteiger partial charge is 0.453 e. The molecular weight excluding hydrogens is 787 g/mol. The van der Waals surface area contributed by atoms with Crippen molar-refractivity contribution >= 4 is 47.5 Å². The van der Waals surface area contributed by atoms with E-state index in [1.165, 1.54) is 0 Å². The molecule has 0 radical (unpaired) electrons. The average Bonchev–Trinajstić information content (AvgIpc) is 3.65. The van der Waals surface area contributed by atoms with E-state index in [0.29, 0.717) is 32.1 Å². The second-order valence-electron chi connectivity index (χ2n) is 17.7. The summed E-state index contributed by atoms with van der Waals surface area (Å²) in [6, 6.07) is 2.85. The molecule has 17 nitrogen and oxygen atoms in total. The summed E-state index contributed by atoms with van der Waals surface area (Å²) in [5.41, 5.74) is -0.0435. The lowest BCUT2D eigenvalue weighted by atomic mass is 9.81. The molecule has 1 aromatic carbocycles. The third-order valence-electron chi connectivity index (χ3n) is 12.3. The van der Waals surface area contributed by atoms with Crippen LogP contribution < -0.4 is 31.9 Å². The van der Waals surface area contributed by atoms with Crippen LogP contribution in [0.1, 0.15) is 123 Å². The standard InChI is InChI=1S/C44H67N7O10/c1-8-17-30(35(52)40(56)46-26(2)27-18-11-9-12-19-27)47-38(54)33-24-29-22-15-16-23-32(29)51(33)41(57)36(44(3,4)5)50-39(55)34(28-20-13-10-14-21-28)49-37(53)31(48-43(59)61-7)25-45-42(58)60-6/h9,11-12,18-19,26,28-34,36H,8,10,13-17,20-25H2,1-7H3,(H,45,58)(H,46,56)(H,47,54)(H,48,59)(H,49,53)(H,50,55)/t26-,29?,30?,31-,32?,33+,34-,36+/m0/s1. The molecule has 0 bridgehead atoms. The van der Waals surface area contributed by atoms with Crippen LogP contribution in [0.3, 0.4) is 0 Å². The first kappa shape index (κ1) is 48.4. The number of hydrogen-bond acceptors (Lipinski definition) is 10. The number of carbonyl (C=O) groups is 8. The zero-order chi connectivity index (χ0) is 44.9. The first-order chi connectivity index (χ1) is 29.0. The molecule has 2 aliphatic carbocycles. The quantitative estimate of drug-likeness (QED) is 0.125. The number of ether oxygens (including phenoxy) is 2. The van der Waals surface area contributed by atoms with Crippen LogP contribution in [0.4, 0.5) is 9.59 Å². The summed E-state index contributed by atoms with van der Waals surface area (Å²) in [6.07, 6.45) is 6.45. The van der Waals surface area contributed by atoms with Crippen LogP contribution in [0.2, 0.25) is 0 Å². The van der Waals surface area contributed by atoms with Gasteiger partial charge in [0.1, 0.15) is 24.2 Å². The number of methoxy groups -OCH3 is 2. The van der Waals surface area contributed by atoms with E-state index in [4.69, 9.17) is 0 Å². The normalized spacial score (nSPS) is 21.5. The van der Waals surface area contributed by atoms with Crippen LogP contribution in [0.15, 0.2) is 30.3 Å². The van der Waals surface area contributed by atoms with E-state index in [1.807, 2.05) is 58.0 Å². The number of nitrogens with zero attached hydrogens (tertiary/aromatic N) is 1. The summed E-state index contributed by atoms with van der Waals surface area (Å²) in [5.74, 6) is -4.21. The predicted octanol–water partition coefficient (Wildman–Crippen LogP) is 3.55. The Labute approximate surface area is 359 Å². The number of ketones is 1. The Balaban J connectivity index is 1.59. The Morgan fingerprint density at radius 1 is 0.754 bits per heavy atom. The van der Waals surface area contributed by atoms with Gasteiger partial charge >= 0.3 is 12.2 Å². The van der Waals surface area contributed by atoms with Crippen molar-refractivity contribution in [3.05, 3.63) is 35.9 Å². The molecule has 3 unspecified atom stereocenters. The van der Waals surface area contributed by atoms with Gasteiger partial charge in [-0.15, -0.1) is 0 Å². The van der Waals surface area contributed by atoms with Gasteiger partial charge in [0.15, 0.2) is 0 Å². The zero-order valence-corrected chi connectivity index (χ0v) is 36.8. The highest BCUT2D eigenvalue weighted by atomic mass is 16.5. The molecule has 338 valence electrons. The van der Waals surface area contributed by atoms with Crippen molar-refractivity contribution in [2.45, 2.75) is 154 Å². The van der Waals surface area contributed by atoms with Gasteiger partial charge in [0.25, 0.3) is 5.91 Å². The average molecular weight is 854 g/mol. The fourth-order valence-electron chi connectivity index (χ4n) is 8.90. The summed E-state index contributed by atoms with van der Waals surface area (Å²) < 4.78 is 9.30. The maximum Gasteiger partial charge on any atom is 0.407 e. The fourth-order valence-corrected chi connectivity index (χ4v) is 8.90. The van der Waals surface area contributed by atoms with Gasteiger partial charge in [-0.05, 0) is 68.3 Å². The number of alkyl carbamates (subject to hydrolysis) is 2. The van der Waals surface area contributed by atoms with Gasteiger partial charge in [0.2, 0.25) is 29.4 Å². The minimum Gasteiger partial charge on any atom is -0.453 e. The van der Waals surface area contributed by atoms with Crippen molar-refractivity contribution in [1.29, 1.82) is 0 Å². The third kappa shape index (κ3) is 13.1. The van der Waals surface area contributed by atoms with Gasteiger partial charge < -0.3 is 46.3 Å². The van der Waals surface area contributed by atoms with Crippen molar-refractivity contribution in [3.8, 4) is 0 Å². The first-order valence-corrected chi connectivity index (χ1v) is 21.8. The van der Waals surface area contributed by atoms with E-state index in [9.17, 15) is 33.6 Å². The van der Waals surface area contributed by atoms with Crippen molar-refractivity contribution in [3.63, 3.8) is 0 Å². The molecule has 8 atom stereocenters. The van der Waals surface area contributed by atoms with E-state index in [0.717, 1.165) is 58.3 Å². The highest BCUT2D eigenvalue weighted by molar-refractivity contribution is 6.38. The van der Waals surface area contributed by atoms with Crippen molar-refractivity contribution in [1.82, 2.24) is 36.8 Å². The van der Waals surface area contributed by atoms with Crippen LogP contribution in [0.25, 0.3) is 0 Å². The van der Waals surface area contributed by atoms with Gasteiger partial charge in [-0.3, -0.25) is 28.8 Å². The minimum absolute atomic E-state index is 0.0206. The molecular formula is C44H67N7O10. The zero-order valence-electron chi connectivity index (χ0n) is 36.8. The number of rotatable bonds is 17. The van der Waals surface area contributed by atoms with Crippen molar-refractivity contribution < 1.29 is 47.8 Å². The molecule has 1 aromatic rings. The Kier molecular flexibility index (Phi) is 17.9. The Hall–Kier alpha value is -5.22. The number of Topliss-reactive ketones (excluding diaryl/α,β-unsaturated/α-hetero) is 1. The van der Waals surface area contributed by atoms with E-state index in [1.54, 1.807) is 11.8 Å². The Bertz CT molecular complexity index is 1710. The molecule has 0 spiro atoms. The number of carbonyl (C=O) groups excluding carboxylic acids is 8. The summed E-state index contributed by atoms with van der Waals surface area (Å²) in [6.45, 7) is 8.70. The lowest BCUT2D eigenvalue weighted by Crippen LogP contribution is -2.64. The molecule has 3 fully saturated rings. The maximum atomic E-state index is 15.1. The van der Waals surface area contributed by atoms with E-state index in [-0.39, 0.29) is 30.8 Å². The minimum atomic E-state index is -1.33. The molecule has 0 aromatic heterocycles. The van der Waals surface area contributed by atoms with Crippen molar-refractivity contribution in [2.24, 2.45) is 17.3 Å². The Morgan fingerprint density at radius 3 is 2.02 bits per heavy atom. The number of fused-ring (bicyclic) bond motifs is 1. The third-order valence-corrected chi connectivity index (χ3v) is 12.3. The van der Waals surface area contributed by atoms with Crippen LogP contribution in [0.5, 0.6) is 0 Å². The van der Waals surface area contributed by atoms with E-state index < -0.39 is 89.2 Å². The number of benzene rings is 1. The molecule has 1 heterocycles. The molecule has 6 N–H and O–H groups in total. The number of amides is 7. The Morgan fingerprint density at radius 2 is 1.39 bits per heavy atom. The smallest absolute Gasteiger partial charge is 0.407 e. The second-order valence-corrected chi connectivity index (χ2v) is 17.7. The maximum absolute atomic E-state index is 15.1. The van der Waals surface area contributed by atoms with Gasteiger partial charge in [0, 0.05) is 6.04 Å². The molecule has 3 aliphatic rings. The molecule has 61 heavy (non-hydrogen) atoms. The van der Waals surface area contributed by atoms with Gasteiger partial charge in [-0.2, -0.15) is 0 Å². The van der Waals surface area contributed by atoms with Crippen molar-refractivity contribution in [2.75, 3.05) is 20.8 Å². The molecule has 1 saturated heterocycles. The highest BCUT2D eigenvalue weighted by Crippen LogP contribution is 2.41.